The highest BCUT2D eigenvalue weighted by Gasteiger charge is 2.56. The molecule has 0 amide bonds. The van der Waals surface area contributed by atoms with E-state index in [2.05, 4.69) is 4.99 Å². The molecule has 1 rings (SSSR count). The van der Waals surface area contributed by atoms with E-state index in [0.717, 1.165) is 6.54 Å². The number of hydrogen-bond donors (Lipinski definition) is 1. The Morgan fingerprint density at radius 1 is 1.28 bits per heavy atom. The van der Waals surface area contributed by atoms with Crippen molar-refractivity contribution >= 4 is 12.0 Å². The van der Waals surface area contributed by atoms with Crippen molar-refractivity contribution < 1.29 is 27.8 Å². The third kappa shape index (κ3) is 6.47. The molecule has 0 fully saturated rings. The van der Waals surface area contributed by atoms with E-state index < -0.39 is 18.2 Å². The number of halogens is 3. The number of rotatable bonds is 10. The minimum atomic E-state index is -4.90. The Kier molecular flexibility index (Phi) is 9.16. The molecule has 0 saturated carbocycles. The van der Waals surface area contributed by atoms with Gasteiger partial charge in [-0.25, -0.2) is 4.99 Å². The summed E-state index contributed by atoms with van der Waals surface area (Å²) in [6.07, 6.45) is -2.39. The standard InChI is InChI=1S/C21H31F3N2O3/c1-7-26(5)14-25-18-12-19(28-6)17(11-16(18)4)20(27,21(22,23)24)13-15(3)9-10-29-8-2/h9,11-12,14,27H,7-8,10,13H2,1-6H3/b15-9+,25-14+. The second-order valence-electron chi connectivity index (χ2n) is 6.90. The maximum Gasteiger partial charge on any atom is 0.421 e. The van der Waals surface area contributed by atoms with E-state index in [1.165, 1.54) is 26.2 Å². The zero-order chi connectivity index (χ0) is 22.2. The van der Waals surface area contributed by atoms with Crippen LogP contribution in [-0.2, 0) is 10.3 Å². The quantitative estimate of drug-likeness (QED) is 0.259. The molecule has 0 spiro atoms. The zero-order valence-electron chi connectivity index (χ0n) is 17.9. The van der Waals surface area contributed by atoms with Gasteiger partial charge in [-0.2, -0.15) is 13.2 Å². The summed E-state index contributed by atoms with van der Waals surface area (Å²) in [6, 6.07) is 2.71. The van der Waals surface area contributed by atoms with E-state index >= 15 is 0 Å². The monoisotopic (exact) mass is 416 g/mol. The predicted molar refractivity (Wildman–Crippen MR) is 109 cm³/mol. The summed E-state index contributed by atoms with van der Waals surface area (Å²) in [6.45, 7) is 8.31. The Labute approximate surface area is 170 Å². The largest absolute Gasteiger partial charge is 0.496 e. The van der Waals surface area contributed by atoms with Crippen LogP contribution in [0, 0.1) is 6.92 Å². The van der Waals surface area contributed by atoms with Crippen LogP contribution in [-0.4, -0.2) is 56.4 Å². The van der Waals surface area contributed by atoms with Gasteiger partial charge in [-0.1, -0.05) is 11.6 Å². The molecule has 0 aromatic heterocycles. The van der Waals surface area contributed by atoms with Gasteiger partial charge in [0.1, 0.15) is 5.75 Å². The average molecular weight is 416 g/mol. The van der Waals surface area contributed by atoms with Crippen molar-refractivity contribution in [3.8, 4) is 5.75 Å². The molecule has 0 aliphatic heterocycles. The van der Waals surface area contributed by atoms with Crippen LogP contribution in [0.4, 0.5) is 18.9 Å². The Morgan fingerprint density at radius 3 is 2.45 bits per heavy atom. The van der Waals surface area contributed by atoms with Gasteiger partial charge in [0.25, 0.3) is 0 Å². The molecule has 29 heavy (non-hydrogen) atoms. The first-order valence-corrected chi connectivity index (χ1v) is 9.46. The third-order valence-electron chi connectivity index (χ3n) is 4.61. The molecule has 1 N–H and O–H groups in total. The van der Waals surface area contributed by atoms with E-state index in [9.17, 15) is 18.3 Å². The van der Waals surface area contributed by atoms with Crippen LogP contribution in [0.5, 0.6) is 5.75 Å². The fourth-order valence-corrected chi connectivity index (χ4v) is 2.69. The van der Waals surface area contributed by atoms with Crippen LogP contribution >= 0.6 is 0 Å². The summed E-state index contributed by atoms with van der Waals surface area (Å²) < 4.78 is 52.3. The van der Waals surface area contributed by atoms with Gasteiger partial charge in [0.2, 0.25) is 0 Å². The first-order chi connectivity index (χ1) is 13.5. The van der Waals surface area contributed by atoms with Crippen molar-refractivity contribution in [1.82, 2.24) is 4.90 Å². The number of aliphatic imine (C=N–C) groups is 1. The molecule has 0 aliphatic rings. The molecular weight excluding hydrogens is 385 g/mol. The minimum Gasteiger partial charge on any atom is -0.496 e. The zero-order valence-corrected chi connectivity index (χ0v) is 17.9. The highest BCUT2D eigenvalue weighted by Crippen LogP contribution is 2.48. The molecule has 164 valence electrons. The van der Waals surface area contributed by atoms with E-state index in [4.69, 9.17) is 9.47 Å². The van der Waals surface area contributed by atoms with Crippen molar-refractivity contribution in [3.05, 3.63) is 34.9 Å². The smallest absolute Gasteiger partial charge is 0.421 e. The summed E-state index contributed by atoms with van der Waals surface area (Å²) >= 11 is 0. The molecule has 0 heterocycles. The molecule has 1 unspecified atom stereocenters. The van der Waals surface area contributed by atoms with Gasteiger partial charge in [0.05, 0.1) is 25.7 Å². The first-order valence-electron chi connectivity index (χ1n) is 9.46. The van der Waals surface area contributed by atoms with Crippen molar-refractivity contribution in [2.45, 2.75) is 45.9 Å². The van der Waals surface area contributed by atoms with Crippen LogP contribution < -0.4 is 4.74 Å². The van der Waals surface area contributed by atoms with E-state index in [1.807, 2.05) is 18.9 Å². The molecule has 5 nitrogen and oxygen atoms in total. The number of aryl methyl sites for hydroxylation is 1. The number of ether oxygens (including phenoxy) is 2. The second-order valence-corrected chi connectivity index (χ2v) is 6.90. The van der Waals surface area contributed by atoms with Gasteiger partial charge < -0.3 is 19.5 Å². The molecule has 1 aromatic carbocycles. The van der Waals surface area contributed by atoms with Crippen LogP contribution in [0.2, 0.25) is 0 Å². The van der Waals surface area contributed by atoms with Gasteiger partial charge >= 0.3 is 6.18 Å². The third-order valence-corrected chi connectivity index (χ3v) is 4.61. The molecule has 0 aliphatic carbocycles. The number of nitrogens with zero attached hydrogens (tertiary/aromatic N) is 2. The molecule has 0 bridgehead atoms. The Balaban J connectivity index is 3.44. The lowest BCUT2D eigenvalue weighted by atomic mass is 9.85. The fraction of sp³-hybridized carbons (Fsp3) is 0.571. The number of hydrogen-bond acceptors (Lipinski definition) is 4. The van der Waals surface area contributed by atoms with E-state index in [-0.39, 0.29) is 17.9 Å². The van der Waals surface area contributed by atoms with Crippen molar-refractivity contribution in [2.24, 2.45) is 4.99 Å². The second kappa shape index (κ2) is 10.6. The number of aliphatic hydroxyl groups is 1. The van der Waals surface area contributed by atoms with Gasteiger partial charge in [-0.3, -0.25) is 0 Å². The van der Waals surface area contributed by atoms with E-state index in [1.54, 1.807) is 26.3 Å². The summed E-state index contributed by atoms with van der Waals surface area (Å²) in [5.41, 5.74) is -2.10. The summed E-state index contributed by atoms with van der Waals surface area (Å²) in [4.78, 5) is 6.14. The summed E-state index contributed by atoms with van der Waals surface area (Å²) in [5, 5.41) is 10.8. The van der Waals surface area contributed by atoms with Gasteiger partial charge in [-0.15, -0.1) is 0 Å². The van der Waals surface area contributed by atoms with Crippen molar-refractivity contribution in [1.29, 1.82) is 0 Å². The highest BCUT2D eigenvalue weighted by molar-refractivity contribution is 5.65. The summed E-state index contributed by atoms with van der Waals surface area (Å²) in [5.74, 6) is -0.0701. The molecule has 1 atom stereocenters. The molecule has 8 heteroatoms. The predicted octanol–water partition coefficient (Wildman–Crippen LogP) is 4.74. The van der Waals surface area contributed by atoms with Gasteiger partial charge in [-0.05, 0) is 39.3 Å². The molecule has 0 radical (unpaired) electrons. The molecular formula is C21H31F3N2O3. The average Bonchev–Trinajstić information content (AvgIpc) is 2.65. The number of methoxy groups -OCH3 is 1. The van der Waals surface area contributed by atoms with Gasteiger partial charge in [0, 0.05) is 38.2 Å². The first kappa shape index (κ1) is 25.0. The topological polar surface area (TPSA) is 54.3 Å². The maximum atomic E-state index is 14.0. The van der Waals surface area contributed by atoms with Crippen LogP contribution in [0.25, 0.3) is 0 Å². The molecule has 1 aromatic rings. The lowest BCUT2D eigenvalue weighted by Crippen LogP contribution is -2.43. The van der Waals surface area contributed by atoms with Crippen molar-refractivity contribution in [3.63, 3.8) is 0 Å². The SMILES string of the molecule is CCOC/C=C(\C)CC(O)(c1cc(C)c(/N=C/N(C)CC)cc1OC)C(F)(F)F. The lowest BCUT2D eigenvalue weighted by Gasteiger charge is -2.33. The Bertz CT molecular complexity index is 733. The van der Waals surface area contributed by atoms with Gasteiger partial charge in [0.15, 0.2) is 5.60 Å². The molecule has 0 saturated heterocycles. The van der Waals surface area contributed by atoms with Crippen molar-refractivity contribution in [2.75, 3.05) is 33.9 Å². The summed E-state index contributed by atoms with van der Waals surface area (Å²) in [7, 11) is 3.11. The Hall–Kier alpha value is -2.06. The minimum absolute atomic E-state index is 0.0701. The number of benzene rings is 1. The highest BCUT2D eigenvalue weighted by atomic mass is 19.4. The fourth-order valence-electron chi connectivity index (χ4n) is 2.69. The normalized spacial score (nSPS) is 14.9. The van der Waals surface area contributed by atoms with Crippen LogP contribution in [0.15, 0.2) is 28.8 Å². The number of alkyl halides is 3. The van der Waals surface area contributed by atoms with E-state index in [0.29, 0.717) is 23.4 Å². The Morgan fingerprint density at radius 2 is 1.93 bits per heavy atom. The van der Waals surface area contributed by atoms with Crippen LogP contribution in [0.3, 0.4) is 0 Å². The maximum absolute atomic E-state index is 14.0. The van der Waals surface area contributed by atoms with Crippen LogP contribution in [0.1, 0.15) is 38.3 Å². The lowest BCUT2D eigenvalue weighted by molar-refractivity contribution is -0.266.